The van der Waals surface area contributed by atoms with Gasteiger partial charge in [-0.1, -0.05) is 35.9 Å². The molecule has 1 unspecified atom stereocenters. The molecule has 0 spiro atoms. The number of para-hydroxylation sites is 1. The second kappa shape index (κ2) is 11.2. The lowest BCUT2D eigenvalue weighted by Crippen LogP contribution is -2.28. The molecule has 5 rings (SSSR count). The van der Waals surface area contributed by atoms with Crippen molar-refractivity contribution < 1.29 is 14.0 Å². The Bertz CT molecular complexity index is 1630. The number of halogens is 2. The zero-order valence-electron chi connectivity index (χ0n) is 20.5. The van der Waals surface area contributed by atoms with Crippen LogP contribution in [0.1, 0.15) is 39.6 Å². The van der Waals surface area contributed by atoms with Crippen molar-refractivity contribution in [3.8, 4) is 16.9 Å². The standard InChI is InChI=1S/C28H21ClFN7O2/c1-17(26-32-12-7-13-33-26)34-28(39)24-16-25(37(36-24)18-8-3-2-4-9-18)35-27(38)19-14-20(22(30)15-21(19)29)23-10-5-6-11-31-23/h2-17H,1H3,(H,34,39)(H,35,38). The van der Waals surface area contributed by atoms with Gasteiger partial charge in [0.1, 0.15) is 17.5 Å². The number of pyridine rings is 1. The first-order valence-corrected chi connectivity index (χ1v) is 12.2. The van der Waals surface area contributed by atoms with Crippen LogP contribution in [0.2, 0.25) is 5.02 Å². The Kier molecular flexibility index (Phi) is 7.37. The van der Waals surface area contributed by atoms with Gasteiger partial charge in [0.05, 0.1) is 28.0 Å². The molecule has 2 aromatic carbocycles. The van der Waals surface area contributed by atoms with E-state index in [1.807, 2.05) is 6.07 Å². The summed E-state index contributed by atoms with van der Waals surface area (Å²) >= 11 is 6.26. The molecule has 2 N–H and O–H groups in total. The van der Waals surface area contributed by atoms with Crippen LogP contribution in [0.3, 0.4) is 0 Å². The normalized spacial score (nSPS) is 11.6. The minimum atomic E-state index is -0.618. The van der Waals surface area contributed by atoms with Gasteiger partial charge in [-0.2, -0.15) is 5.10 Å². The van der Waals surface area contributed by atoms with Crippen molar-refractivity contribution in [1.29, 1.82) is 0 Å². The van der Waals surface area contributed by atoms with Crippen LogP contribution in [-0.2, 0) is 0 Å². The van der Waals surface area contributed by atoms with Crippen LogP contribution in [0.5, 0.6) is 0 Å². The van der Waals surface area contributed by atoms with Crippen LogP contribution in [0, 0.1) is 5.82 Å². The molecule has 5 aromatic rings. The van der Waals surface area contributed by atoms with Gasteiger partial charge in [0.2, 0.25) is 0 Å². The van der Waals surface area contributed by atoms with Gasteiger partial charge in [-0.15, -0.1) is 0 Å². The lowest BCUT2D eigenvalue weighted by molar-refractivity contribution is 0.0932. The summed E-state index contributed by atoms with van der Waals surface area (Å²) < 4.78 is 16.1. The van der Waals surface area contributed by atoms with Crippen molar-refractivity contribution in [2.45, 2.75) is 13.0 Å². The van der Waals surface area contributed by atoms with Crippen molar-refractivity contribution >= 4 is 29.2 Å². The largest absolute Gasteiger partial charge is 0.341 e. The van der Waals surface area contributed by atoms with E-state index in [1.165, 1.54) is 23.0 Å². The van der Waals surface area contributed by atoms with Gasteiger partial charge in [0.25, 0.3) is 11.8 Å². The summed E-state index contributed by atoms with van der Waals surface area (Å²) in [5, 5.41) is 9.91. The number of benzene rings is 2. The number of amides is 2. The van der Waals surface area contributed by atoms with E-state index in [1.54, 1.807) is 67.8 Å². The van der Waals surface area contributed by atoms with Crippen LogP contribution in [-0.4, -0.2) is 36.5 Å². The van der Waals surface area contributed by atoms with Crippen molar-refractivity contribution in [2.75, 3.05) is 5.32 Å². The number of nitrogens with zero attached hydrogens (tertiary/aromatic N) is 5. The summed E-state index contributed by atoms with van der Waals surface area (Å²) in [6.45, 7) is 1.75. The van der Waals surface area contributed by atoms with E-state index < -0.39 is 23.7 Å². The molecule has 0 saturated heterocycles. The highest BCUT2D eigenvalue weighted by Crippen LogP contribution is 2.28. The molecule has 194 valence electrons. The molecule has 0 bridgehead atoms. The fourth-order valence-electron chi connectivity index (χ4n) is 3.84. The molecule has 3 heterocycles. The molecule has 0 saturated carbocycles. The minimum Gasteiger partial charge on any atom is -0.341 e. The fraction of sp³-hybridized carbons (Fsp3) is 0.0714. The first kappa shape index (κ1) is 25.7. The van der Waals surface area contributed by atoms with Crippen molar-refractivity contribution in [3.63, 3.8) is 0 Å². The highest BCUT2D eigenvalue weighted by atomic mass is 35.5. The zero-order valence-corrected chi connectivity index (χ0v) is 21.3. The molecule has 0 fully saturated rings. The molecular weight excluding hydrogens is 521 g/mol. The molecule has 2 amide bonds. The monoisotopic (exact) mass is 541 g/mol. The number of rotatable bonds is 7. The Labute approximate surface area is 227 Å². The Balaban J connectivity index is 1.46. The molecule has 0 aliphatic heterocycles. The number of hydrogen-bond donors (Lipinski definition) is 2. The van der Waals surface area contributed by atoms with E-state index >= 15 is 0 Å². The maximum Gasteiger partial charge on any atom is 0.272 e. The van der Waals surface area contributed by atoms with E-state index in [0.29, 0.717) is 17.2 Å². The quantitative estimate of drug-likeness (QED) is 0.290. The maximum absolute atomic E-state index is 14.7. The topological polar surface area (TPSA) is 115 Å². The summed E-state index contributed by atoms with van der Waals surface area (Å²) in [5.41, 5.74) is 1.16. The van der Waals surface area contributed by atoms with E-state index in [-0.39, 0.29) is 27.7 Å². The Morgan fingerprint density at radius 1 is 0.897 bits per heavy atom. The van der Waals surface area contributed by atoms with E-state index in [9.17, 15) is 14.0 Å². The molecule has 11 heteroatoms. The molecule has 0 radical (unpaired) electrons. The number of carbonyl (C=O) groups is 2. The highest BCUT2D eigenvalue weighted by molar-refractivity contribution is 6.34. The molecule has 0 aliphatic carbocycles. The predicted octanol–water partition coefficient (Wildman–Crippen LogP) is 5.26. The minimum absolute atomic E-state index is 0.0281. The van der Waals surface area contributed by atoms with E-state index in [4.69, 9.17) is 11.6 Å². The van der Waals surface area contributed by atoms with E-state index in [2.05, 4.69) is 30.7 Å². The highest BCUT2D eigenvalue weighted by Gasteiger charge is 2.22. The van der Waals surface area contributed by atoms with Crippen LogP contribution >= 0.6 is 11.6 Å². The Morgan fingerprint density at radius 2 is 1.62 bits per heavy atom. The van der Waals surface area contributed by atoms with Gasteiger partial charge < -0.3 is 10.6 Å². The Hall–Kier alpha value is -4.96. The summed E-state index contributed by atoms with van der Waals surface area (Å²) in [7, 11) is 0. The zero-order chi connectivity index (χ0) is 27.4. The SMILES string of the molecule is CC(NC(=O)c1cc(NC(=O)c2cc(-c3ccccn3)c(F)cc2Cl)n(-c2ccccc2)n1)c1ncccn1. The van der Waals surface area contributed by atoms with Crippen molar-refractivity contribution in [3.05, 3.63) is 119 Å². The summed E-state index contributed by atoms with van der Waals surface area (Å²) in [6, 6.07) is 19.1. The molecule has 0 aliphatic rings. The average Bonchev–Trinajstić information content (AvgIpc) is 3.38. The third kappa shape index (κ3) is 5.65. The average molecular weight is 542 g/mol. The van der Waals surface area contributed by atoms with Crippen LogP contribution in [0.4, 0.5) is 10.2 Å². The molecule has 9 nitrogen and oxygen atoms in total. The first-order chi connectivity index (χ1) is 18.9. The van der Waals surface area contributed by atoms with Gasteiger partial charge in [0.15, 0.2) is 5.69 Å². The second-order valence-corrected chi connectivity index (χ2v) is 8.85. The fourth-order valence-corrected chi connectivity index (χ4v) is 4.08. The van der Waals surface area contributed by atoms with Gasteiger partial charge >= 0.3 is 0 Å². The third-order valence-electron chi connectivity index (χ3n) is 5.75. The van der Waals surface area contributed by atoms with Crippen molar-refractivity contribution in [2.24, 2.45) is 0 Å². The van der Waals surface area contributed by atoms with Crippen LogP contribution in [0.15, 0.2) is 91.4 Å². The van der Waals surface area contributed by atoms with Crippen LogP contribution in [0.25, 0.3) is 16.9 Å². The van der Waals surface area contributed by atoms with E-state index in [0.717, 1.165) is 6.07 Å². The lowest BCUT2D eigenvalue weighted by atomic mass is 10.1. The molecular formula is C28H21ClFN7O2. The van der Waals surface area contributed by atoms with Gasteiger partial charge in [-0.05, 0) is 49.4 Å². The number of carbonyl (C=O) groups excluding carboxylic acids is 2. The second-order valence-electron chi connectivity index (χ2n) is 8.45. The third-order valence-corrected chi connectivity index (χ3v) is 6.06. The summed E-state index contributed by atoms with van der Waals surface area (Å²) in [4.78, 5) is 38.9. The number of aromatic nitrogens is 5. The molecule has 1 atom stereocenters. The number of anilines is 1. The van der Waals surface area contributed by atoms with Crippen molar-refractivity contribution in [1.82, 2.24) is 30.0 Å². The smallest absolute Gasteiger partial charge is 0.272 e. The molecule has 39 heavy (non-hydrogen) atoms. The number of nitrogens with one attached hydrogen (secondary N) is 2. The summed E-state index contributed by atoms with van der Waals surface area (Å²) in [6.07, 6.45) is 4.70. The lowest BCUT2D eigenvalue weighted by Gasteiger charge is -2.11. The van der Waals surface area contributed by atoms with Gasteiger partial charge in [-0.25, -0.2) is 19.0 Å². The first-order valence-electron chi connectivity index (χ1n) is 11.9. The summed E-state index contributed by atoms with van der Waals surface area (Å²) in [5.74, 6) is -1.07. The van der Waals surface area contributed by atoms with Crippen LogP contribution < -0.4 is 10.6 Å². The molecule has 3 aromatic heterocycles. The predicted molar refractivity (Wildman–Crippen MR) is 144 cm³/mol. The van der Waals surface area contributed by atoms with Gasteiger partial charge in [0, 0.05) is 30.2 Å². The number of hydrogen-bond acceptors (Lipinski definition) is 6. The Morgan fingerprint density at radius 3 is 2.33 bits per heavy atom. The van der Waals surface area contributed by atoms with Gasteiger partial charge in [-0.3, -0.25) is 14.6 Å². The maximum atomic E-state index is 14.7.